The highest BCUT2D eigenvalue weighted by atomic mass is 32.1. The lowest BCUT2D eigenvalue weighted by Gasteiger charge is -2.11. The van der Waals surface area contributed by atoms with Crippen molar-refractivity contribution in [1.82, 2.24) is 4.98 Å². The minimum atomic E-state index is 0.777. The molecule has 5 heteroatoms. The van der Waals surface area contributed by atoms with E-state index in [4.69, 9.17) is 0 Å². The molecule has 0 bridgehead atoms. The summed E-state index contributed by atoms with van der Waals surface area (Å²) in [6, 6.07) is 22.9. The molecule has 4 rings (SSSR count). The van der Waals surface area contributed by atoms with Gasteiger partial charge in [-0.05, 0) is 28.5 Å². The zero-order chi connectivity index (χ0) is 18.6. The number of aromatic nitrogens is 1. The van der Waals surface area contributed by atoms with Crippen LogP contribution in [0.5, 0.6) is 0 Å². The van der Waals surface area contributed by atoms with Crippen LogP contribution in [0.4, 0.5) is 10.8 Å². The van der Waals surface area contributed by atoms with Gasteiger partial charge in [0.05, 0.1) is 11.9 Å². The van der Waals surface area contributed by atoms with E-state index in [2.05, 4.69) is 80.4 Å². The molecule has 0 saturated heterocycles. The van der Waals surface area contributed by atoms with Gasteiger partial charge in [0.1, 0.15) is 0 Å². The molecule has 27 heavy (non-hydrogen) atoms. The minimum Gasteiger partial charge on any atom is -0.378 e. The number of rotatable bonds is 5. The number of hydrazone groups is 1. The van der Waals surface area contributed by atoms with Crippen LogP contribution in [0.1, 0.15) is 5.56 Å². The van der Waals surface area contributed by atoms with Crippen molar-refractivity contribution < 1.29 is 0 Å². The molecule has 1 aromatic heterocycles. The second kappa shape index (κ2) is 7.60. The van der Waals surface area contributed by atoms with E-state index in [1.54, 1.807) is 17.6 Å². The Labute approximate surface area is 162 Å². The summed E-state index contributed by atoms with van der Waals surface area (Å²) in [6.07, 6.45) is 1.80. The number of anilines is 2. The molecule has 0 aliphatic rings. The molecule has 0 radical (unpaired) electrons. The third kappa shape index (κ3) is 3.83. The lowest BCUT2D eigenvalue weighted by Crippen LogP contribution is -2.08. The summed E-state index contributed by atoms with van der Waals surface area (Å²) in [5.74, 6) is 0. The molecular weight excluding hydrogens is 352 g/mol. The summed E-state index contributed by atoms with van der Waals surface area (Å²) in [7, 11) is 4.06. The average molecular weight is 372 g/mol. The maximum Gasteiger partial charge on any atom is 0.203 e. The van der Waals surface area contributed by atoms with Gasteiger partial charge < -0.3 is 4.90 Å². The number of benzene rings is 3. The third-order valence-corrected chi connectivity index (χ3v) is 5.10. The Balaban J connectivity index is 1.49. The van der Waals surface area contributed by atoms with Crippen molar-refractivity contribution in [3.05, 3.63) is 77.7 Å². The van der Waals surface area contributed by atoms with Gasteiger partial charge in [0.15, 0.2) is 0 Å². The largest absolute Gasteiger partial charge is 0.378 e. The quantitative estimate of drug-likeness (QED) is 0.373. The maximum absolute atomic E-state index is 4.69. The molecule has 1 N–H and O–H groups in total. The smallest absolute Gasteiger partial charge is 0.203 e. The summed E-state index contributed by atoms with van der Waals surface area (Å²) in [4.78, 5) is 6.76. The number of nitrogens with zero attached hydrogens (tertiary/aromatic N) is 3. The Bertz CT molecular complexity index is 1080. The lowest BCUT2D eigenvalue weighted by molar-refractivity contribution is 1.13. The van der Waals surface area contributed by atoms with Crippen LogP contribution in [-0.2, 0) is 0 Å². The van der Waals surface area contributed by atoms with Crippen LogP contribution in [-0.4, -0.2) is 25.3 Å². The zero-order valence-electron chi connectivity index (χ0n) is 15.3. The van der Waals surface area contributed by atoms with Crippen molar-refractivity contribution in [3.63, 3.8) is 0 Å². The molecule has 4 nitrogen and oxygen atoms in total. The number of hydrogen-bond acceptors (Lipinski definition) is 5. The van der Waals surface area contributed by atoms with Gasteiger partial charge in [-0.1, -0.05) is 54.6 Å². The normalized spacial score (nSPS) is 11.2. The molecule has 0 amide bonds. The van der Waals surface area contributed by atoms with Gasteiger partial charge in [0, 0.05) is 30.7 Å². The van der Waals surface area contributed by atoms with Crippen LogP contribution in [0, 0.1) is 0 Å². The topological polar surface area (TPSA) is 40.5 Å². The predicted molar refractivity (Wildman–Crippen MR) is 117 cm³/mol. The maximum atomic E-state index is 4.69. The van der Waals surface area contributed by atoms with Gasteiger partial charge in [0.2, 0.25) is 5.13 Å². The summed E-state index contributed by atoms with van der Waals surface area (Å²) >= 11 is 1.55. The molecule has 4 aromatic rings. The van der Waals surface area contributed by atoms with Crippen molar-refractivity contribution >= 4 is 39.1 Å². The SMILES string of the molecule is CN(C)c1ccc(/C=N/Nc2nc(-c3cccc4ccccc34)cs2)cc1. The van der Waals surface area contributed by atoms with Crippen LogP contribution < -0.4 is 10.3 Å². The third-order valence-electron chi connectivity index (χ3n) is 4.35. The number of thiazole rings is 1. The van der Waals surface area contributed by atoms with Crippen LogP contribution in [0.2, 0.25) is 0 Å². The van der Waals surface area contributed by atoms with Gasteiger partial charge in [-0.2, -0.15) is 5.10 Å². The van der Waals surface area contributed by atoms with E-state index in [0.29, 0.717) is 0 Å². The zero-order valence-corrected chi connectivity index (χ0v) is 16.1. The lowest BCUT2D eigenvalue weighted by atomic mass is 10.0. The first-order valence-corrected chi connectivity index (χ1v) is 9.59. The Morgan fingerprint density at radius 1 is 0.963 bits per heavy atom. The highest BCUT2D eigenvalue weighted by Crippen LogP contribution is 2.30. The summed E-state index contributed by atoms with van der Waals surface area (Å²) in [5.41, 5.74) is 7.34. The first-order chi connectivity index (χ1) is 13.2. The van der Waals surface area contributed by atoms with Gasteiger partial charge in [-0.3, -0.25) is 5.43 Å². The fraction of sp³-hybridized carbons (Fsp3) is 0.0909. The Morgan fingerprint density at radius 2 is 1.74 bits per heavy atom. The van der Waals surface area contributed by atoms with E-state index in [0.717, 1.165) is 22.0 Å². The van der Waals surface area contributed by atoms with Crippen molar-refractivity contribution in [3.8, 4) is 11.3 Å². The second-order valence-electron chi connectivity index (χ2n) is 6.42. The molecule has 0 aliphatic heterocycles. The predicted octanol–water partition coefficient (Wildman–Crippen LogP) is 5.48. The van der Waals surface area contributed by atoms with Crippen molar-refractivity contribution in [1.29, 1.82) is 0 Å². The molecule has 134 valence electrons. The molecule has 0 unspecified atom stereocenters. The molecule has 0 aliphatic carbocycles. The minimum absolute atomic E-state index is 0.777. The molecule has 3 aromatic carbocycles. The van der Waals surface area contributed by atoms with E-state index < -0.39 is 0 Å². The highest BCUT2D eigenvalue weighted by Gasteiger charge is 2.07. The Kier molecular flexibility index (Phi) is 4.85. The molecule has 0 atom stereocenters. The van der Waals surface area contributed by atoms with Gasteiger partial charge >= 0.3 is 0 Å². The summed E-state index contributed by atoms with van der Waals surface area (Å²) < 4.78 is 0. The van der Waals surface area contributed by atoms with E-state index in [9.17, 15) is 0 Å². The monoisotopic (exact) mass is 372 g/mol. The van der Waals surface area contributed by atoms with Crippen LogP contribution in [0.25, 0.3) is 22.0 Å². The van der Waals surface area contributed by atoms with E-state index in [1.807, 2.05) is 26.2 Å². The average Bonchev–Trinajstić information content (AvgIpc) is 3.16. The van der Waals surface area contributed by atoms with E-state index in [-0.39, 0.29) is 0 Å². The van der Waals surface area contributed by atoms with E-state index in [1.165, 1.54) is 16.5 Å². The van der Waals surface area contributed by atoms with Crippen LogP contribution in [0.3, 0.4) is 0 Å². The molecule has 0 saturated carbocycles. The number of hydrogen-bond donors (Lipinski definition) is 1. The molecule has 1 heterocycles. The van der Waals surface area contributed by atoms with E-state index >= 15 is 0 Å². The standard InChI is InChI=1S/C22H20N4S/c1-26(2)18-12-10-16(11-13-18)14-23-25-22-24-21(15-27-22)20-9-5-7-17-6-3-4-8-19(17)20/h3-15H,1-2H3,(H,24,25)/b23-14+. The molecular formula is C22H20N4S. The second-order valence-corrected chi connectivity index (χ2v) is 7.28. The van der Waals surface area contributed by atoms with Gasteiger partial charge in [-0.15, -0.1) is 11.3 Å². The van der Waals surface area contributed by atoms with Crippen molar-refractivity contribution in [2.24, 2.45) is 5.10 Å². The van der Waals surface area contributed by atoms with Gasteiger partial charge in [-0.25, -0.2) is 4.98 Å². The van der Waals surface area contributed by atoms with Gasteiger partial charge in [0.25, 0.3) is 0 Å². The highest BCUT2D eigenvalue weighted by molar-refractivity contribution is 7.14. The Hall–Kier alpha value is -3.18. The first-order valence-electron chi connectivity index (χ1n) is 8.71. The molecule has 0 spiro atoms. The number of fused-ring (bicyclic) bond motifs is 1. The molecule has 0 fully saturated rings. The van der Waals surface area contributed by atoms with Crippen LogP contribution >= 0.6 is 11.3 Å². The van der Waals surface area contributed by atoms with Crippen LogP contribution in [0.15, 0.2) is 77.2 Å². The summed E-state index contributed by atoms with van der Waals surface area (Å²) in [6.45, 7) is 0. The number of nitrogens with one attached hydrogen (secondary N) is 1. The summed E-state index contributed by atoms with van der Waals surface area (Å²) in [5, 5.41) is 9.58. The van der Waals surface area contributed by atoms with Crippen molar-refractivity contribution in [2.75, 3.05) is 24.4 Å². The fourth-order valence-corrected chi connectivity index (χ4v) is 3.58. The van der Waals surface area contributed by atoms with Crippen molar-refractivity contribution in [2.45, 2.75) is 0 Å². The first kappa shape index (κ1) is 17.2. The Morgan fingerprint density at radius 3 is 2.56 bits per heavy atom. The fourth-order valence-electron chi connectivity index (χ4n) is 2.92.